The molecule has 0 aliphatic carbocycles. The first-order valence-corrected chi connectivity index (χ1v) is 4.56. The molecule has 1 heterocycles. The molecular weight excluding hydrogens is 194 g/mol. The van der Waals surface area contributed by atoms with Crippen molar-refractivity contribution in [1.82, 2.24) is 4.57 Å². The number of hydrogen-bond donors (Lipinski definition) is 2. The van der Waals surface area contributed by atoms with Gasteiger partial charge in [0.05, 0.1) is 0 Å². The number of carboxylic acids is 1. The summed E-state index contributed by atoms with van der Waals surface area (Å²) in [5, 5.41) is 19.0. The highest BCUT2D eigenvalue weighted by molar-refractivity contribution is 5.88. The van der Waals surface area contributed by atoms with Crippen molar-refractivity contribution in [3.63, 3.8) is 0 Å². The highest BCUT2D eigenvalue weighted by Gasteiger charge is 2.18. The Balaban J connectivity index is 2.66. The number of carbonyl (C=O) groups is 1. The molecular formula is C11H11NO3. The van der Waals surface area contributed by atoms with Gasteiger partial charge in [0, 0.05) is 29.7 Å². The fraction of sp³-hybridized carbons (Fsp3) is 0.182. The topological polar surface area (TPSA) is 62.5 Å². The van der Waals surface area contributed by atoms with Gasteiger partial charge in [-0.1, -0.05) is 12.1 Å². The summed E-state index contributed by atoms with van der Waals surface area (Å²) < 4.78 is 1.88. The van der Waals surface area contributed by atoms with Gasteiger partial charge >= 0.3 is 5.97 Å². The van der Waals surface area contributed by atoms with Gasteiger partial charge in [-0.05, 0) is 12.1 Å². The van der Waals surface area contributed by atoms with Crippen LogP contribution in [0.1, 0.15) is 11.7 Å². The van der Waals surface area contributed by atoms with Crippen molar-refractivity contribution in [2.24, 2.45) is 7.05 Å². The molecule has 1 aromatic carbocycles. The largest absolute Gasteiger partial charge is 0.479 e. The SMILES string of the molecule is Cn1ccc2c(C(O)C(=O)O)cccc21. The van der Waals surface area contributed by atoms with Crippen LogP contribution in [0.15, 0.2) is 30.5 Å². The summed E-state index contributed by atoms with van der Waals surface area (Å²) in [5.74, 6) is -1.23. The van der Waals surface area contributed by atoms with Crippen LogP contribution in [-0.4, -0.2) is 20.7 Å². The smallest absolute Gasteiger partial charge is 0.337 e. The lowest BCUT2D eigenvalue weighted by atomic mass is 10.1. The number of aromatic nitrogens is 1. The van der Waals surface area contributed by atoms with Crippen LogP contribution in [0.25, 0.3) is 10.9 Å². The molecule has 2 N–H and O–H groups in total. The fourth-order valence-electron chi connectivity index (χ4n) is 1.70. The number of aliphatic hydroxyl groups is 1. The van der Waals surface area contributed by atoms with Crippen molar-refractivity contribution in [3.05, 3.63) is 36.0 Å². The summed E-state index contributed by atoms with van der Waals surface area (Å²) in [6.07, 6.45) is 0.374. The number of hydrogen-bond acceptors (Lipinski definition) is 2. The van der Waals surface area contributed by atoms with E-state index in [2.05, 4.69) is 0 Å². The Morgan fingerprint density at radius 3 is 2.80 bits per heavy atom. The average Bonchev–Trinajstić information content (AvgIpc) is 2.59. The van der Waals surface area contributed by atoms with Crippen LogP contribution in [0.5, 0.6) is 0 Å². The van der Waals surface area contributed by atoms with Crippen molar-refractivity contribution in [1.29, 1.82) is 0 Å². The fourth-order valence-corrected chi connectivity index (χ4v) is 1.70. The quantitative estimate of drug-likeness (QED) is 0.776. The molecule has 1 unspecified atom stereocenters. The summed E-state index contributed by atoms with van der Waals surface area (Å²) in [7, 11) is 1.87. The van der Waals surface area contributed by atoms with Crippen molar-refractivity contribution in [3.8, 4) is 0 Å². The monoisotopic (exact) mass is 205 g/mol. The van der Waals surface area contributed by atoms with Crippen LogP contribution in [-0.2, 0) is 11.8 Å². The maximum Gasteiger partial charge on any atom is 0.337 e. The predicted octanol–water partition coefficient (Wildman–Crippen LogP) is 1.30. The highest BCUT2D eigenvalue weighted by Crippen LogP contribution is 2.24. The van der Waals surface area contributed by atoms with Crippen LogP contribution in [0.4, 0.5) is 0 Å². The lowest BCUT2D eigenvalue weighted by Gasteiger charge is -2.07. The standard InChI is InChI=1S/C11H11NO3/c1-12-6-5-7-8(10(13)11(14)15)3-2-4-9(7)12/h2-6,10,13H,1H3,(H,14,15). The lowest BCUT2D eigenvalue weighted by Crippen LogP contribution is -2.10. The highest BCUT2D eigenvalue weighted by atomic mass is 16.4. The minimum Gasteiger partial charge on any atom is -0.479 e. The molecule has 0 aliphatic heterocycles. The van der Waals surface area contributed by atoms with Gasteiger partial charge in [0.15, 0.2) is 6.10 Å². The number of aliphatic hydroxyl groups excluding tert-OH is 1. The van der Waals surface area contributed by atoms with Crippen molar-refractivity contribution >= 4 is 16.9 Å². The molecule has 2 aromatic rings. The lowest BCUT2D eigenvalue weighted by molar-refractivity contribution is -0.146. The van der Waals surface area contributed by atoms with Gasteiger partial charge in [-0.15, -0.1) is 0 Å². The first kappa shape index (κ1) is 9.73. The second-order valence-electron chi connectivity index (χ2n) is 3.45. The third kappa shape index (κ3) is 1.49. The zero-order valence-corrected chi connectivity index (χ0v) is 8.21. The minimum atomic E-state index is -1.46. The molecule has 1 aromatic heterocycles. The number of rotatable bonds is 2. The molecule has 2 rings (SSSR count). The molecule has 4 nitrogen and oxygen atoms in total. The Morgan fingerprint density at radius 2 is 2.13 bits per heavy atom. The van der Waals surface area contributed by atoms with Crippen LogP contribution >= 0.6 is 0 Å². The molecule has 0 radical (unpaired) electrons. The average molecular weight is 205 g/mol. The second-order valence-corrected chi connectivity index (χ2v) is 3.45. The molecule has 1 atom stereocenters. The van der Waals surface area contributed by atoms with Gasteiger partial charge in [0.25, 0.3) is 0 Å². The van der Waals surface area contributed by atoms with Crippen LogP contribution in [0, 0.1) is 0 Å². The Kier molecular flexibility index (Phi) is 2.21. The molecule has 0 saturated heterocycles. The number of fused-ring (bicyclic) bond motifs is 1. The Labute approximate surface area is 86.4 Å². The van der Waals surface area contributed by atoms with E-state index in [1.807, 2.05) is 23.9 Å². The van der Waals surface area contributed by atoms with E-state index in [0.29, 0.717) is 5.56 Å². The summed E-state index contributed by atoms with van der Waals surface area (Å²) in [4.78, 5) is 10.7. The van der Waals surface area contributed by atoms with E-state index in [0.717, 1.165) is 10.9 Å². The maximum absolute atomic E-state index is 10.7. The number of aryl methyl sites for hydroxylation is 1. The van der Waals surface area contributed by atoms with E-state index in [1.54, 1.807) is 18.2 Å². The van der Waals surface area contributed by atoms with E-state index in [1.165, 1.54) is 0 Å². The van der Waals surface area contributed by atoms with Crippen molar-refractivity contribution < 1.29 is 15.0 Å². The van der Waals surface area contributed by atoms with Gasteiger partial charge in [-0.3, -0.25) is 0 Å². The van der Waals surface area contributed by atoms with E-state index >= 15 is 0 Å². The molecule has 0 bridgehead atoms. The zero-order valence-electron chi connectivity index (χ0n) is 8.21. The molecule has 78 valence electrons. The summed E-state index contributed by atoms with van der Waals surface area (Å²) >= 11 is 0. The van der Waals surface area contributed by atoms with Gasteiger partial charge in [0.2, 0.25) is 0 Å². The Hall–Kier alpha value is -1.81. The molecule has 15 heavy (non-hydrogen) atoms. The summed E-state index contributed by atoms with van der Waals surface area (Å²) in [6, 6.07) is 7.05. The van der Waals surface area contributed by atoms with Crippen LogP contribution < -0.4 is 0 Å². The molecule has 0 aliphatic rings. The van der Waals surface area contributed by atoms with Gasteiger partial charge in [0.1, 0.15) is 0 Å². The number of aliphatic carboxylic acids is 1. The first-order valence-electron chi connectivity index (χ1n) is 4.56. The van der Waals surface area contributed by atoms with Crippen LogP contribution in [0.2, 0.25) is 0 Å². The van der Waals surface area contributed by atoms with E-state index < -0.39 is 12.1 Å². The number of benzene rings is 1. The Morgan fingerprint density at radius 1 is 1.40 bits per heavy atom. The van der Waals surface area contributed by atoms with Gasteiger partial charge in [-0.2, -0.15) is 0 Å². The van der Waals surface area contributed by atoms with Gasteiger partial charge < -0.3 is 14.8 Å². The normalized spacial score (nSPS) is 12.9. The predicted molar refractivity (Wildman–Crippen MR) is 55.5 cm³/mol. The second kappa shape index (κ2) is 3.40. The first-order chi connectivity index (χ1) is 7.11. The molecule has 4 heteroatoms. The third-order valence-corrected chi connectivity index (χ3v) is 2.49. The van der Waals surface area contributed by atoms with Crippen LogP contribution in [0.3, 0.4) is 0 Å². The van der Waals surface area contributed by atoms with Crippen molar-refractivity contribution in [2.45, 2.75) is 6.10 Å². The third-order valence-electron chi connectivity index (χ3n) is 2.49. The Bertz CT molecular complexity index is 516. The minimum absolute atomic E-state index is 0.431. The van der Waals surface area contributed by atoms with Crippen molar-refractivity contribution in [2.75, 3.05) is 0 Å². The summed E-state index contributed by atoms with van der Waals surface area (Å²) in [5.41, 5.74) is 1.34. The molecule has 0 fully saturated rings. The maximum atomic E-state index is 10.7. The summed E-state index contributed by atoms with van der Waals surface area (Å²) in [6.45, 7) is 0. The number of carboxylic acid groups (broad SMARTS) is 1. The van der Waals surface area contributed by atoms with E-state index in [9.17, 15) is 9.90 Å². The number of nitrogens with zero attached hydrogens (tertiary/aromatic N) is 1. The van der Waals surface area contributed by atoms with E-state index in [4.69, 9.17) is 5.11 Å². The molecule has 0 amide bonds. The van der Waals surface area contributed by atoms with Gasteiger partial charge in [-0.25, -0.2) is 4.79 Å². The van der Waals surface area contributed by atoms with E-state index in [-0.39, 0.29) is 0 Å². The molecule has 0 saturated carbocycles. The molecule has 0 spiro atoms. The zero-order chi connectivity index (χ0) is 11.0.